The van der Waals surface area contributed by atoms with Gasteiger partial charge in [0, 0.05) is 23.0 Å². The molecule has 5 aromatic rings. The molecule has 0 amide bonds. The van der Waals surface area contributed by atoms with Crippen molar-refractivity contribution >= 4 is 10.8 Å². The van der Waals surface area contributed by atoms with Gasteiger partial charge in [-0.15, -0.1) is 6.58 Å². The van der Waals surface area contributed by atoms with E-state index >= 15 is 0 Å². The van der Waals surface area contributed by atoms with Gasteiger partial charge in [0.25, 0.3) is 0 Å². The van der Waals surface area contributed by atoms with Crippen molar-refractivity contribution in [1.82, 2.24) is 0 Å². The van der Waals surface area contributed by atoms with Gasteiger partial charge in [-0.3, -0.25) is 0 Å². The summed E-state index contributed by atoms with van der Waals surface area (Å²) in [4.78, 5) is 13.0. The second kappa shape index (κ2) is 9.13. The summed E-state index contributed by atoms with van der Waals surface area (Å²) in [7, 11) is 0. The van der Waals surface area contributed by atoms with Crippen molar-refractivity contribution in [1.29, 1.82) is 0 Å². The maximum absolute atomic E-state index is 13.0. The van der Waals surface area contributed by atoms with E-state index < -0.39 is 0 Å². The highest BCUT2D eigenvalue weighted by atomic mass is 16.4. The fraction of sp³-hybridized carbons (Fsp3) is 0.0645. The molecule has 0 saturated carbocycles. The zero-order valence-corrected chi connectivity index (χ0v) is 18.2. The molecular formula is C31H24O2. The predicted octanol–water partition coefficient (Wildman–Crippen LogP) is 7.56. The third kappa shape index (κ3) is 3.92. The molecule has 0 radical (unpaired) electrons. The van der Waals surface area contributed by atoms with Gasteiger partial charge >= 0.3 is 5.63 Å². The SMILES string of the molecule is C=CC(c1c(-c2ccccc2)oc(=O)c2ccccc12)C(c1ccccc1)c1ccccc1. The molecule has 0 aliphatic heterocycles. The van der Waals surface area contributed by atoms with Crippen molar-refractivity contribution in [3.05, 3.63) is 155 Å². The van der Waals surface area contributed by atoms with E-state index in [0.717, 1.165) is 16.5 Å². The molecule has 2 nitrogen and oxygen atoms in total. The molecule has 4 aromatic carbocycles. The van der Waals surface area contributed by atoms with Crippen LogP contribution < -0.4 is 5.63 Å². The van der Waals surface area contributed by atoms with Crippen LogP contribution in [0.25, 0.3) is 22.1 Å². The standard InChI is InChI=1S/C31H24O2/c1-2-25(28(22-14-6-3-7-15-22)23-16-8-4-9-17-23)29-26-20-12-13-21-27(26)31(32)33-30(29)24-18-10-5-11-19-24/h2-21,25,28H,1H2. The van der Waals surface area contributed by atoms with Gasteiger partial charge in [-0.05, 0) is 22.6 Å². The molecular weight excluding hydrogens is 404 g/mol. The van der Waals surface area contributed by atoms with Crippen molar-refractivity contribution in [3.63, 3.8) is 0 Å². The summed E-state index contributed by atoms with van der Waals surface area (Å²) in [6, 6.07) is 38.5. The van der Waals surface area contributed by atoms with Gasteiger partial charge < -0.3 is 4.42 Å². The van der Waals surface area contributed by atoms with Crippen molar-refractivity contribution in [2.75, 3.05) is 0 Å². The summed E-state index contributed by atoms with van der Waals surface area (Å²) < 4.78 is 6.01. The van der Waals surface area contributed by atoms with Crippen LogP contribution in [-0.2, 0) is 0 Å². The van der Waals surface area contributed by atoms with Crippen LogP contribution in [0, 0.1) is 0 Å². The van der Waals surface area contributed by atoms with E-state index in [-0.39, 0.29) is 17.5 Å². The van der Waals surface area contributed by atoms with Gasteiger partial charge in [0.1, 0.15) is 5.76 Å². The van der Waals surface area contributed by atoms with Crippen LogP contribution in [0.15, 0.2) is 137 Å². The Hall–Kier alpha value is -4.17. The summed E-state index contributed by atoms with van der Waals surface area (Å²) in [6.07, 6.45) is 1.98. The molecule has 5 rings (SSSR count). The Labute approximate surface area is 193 Å². The van der Waals surface area contributed by atoms with Crippen LogP contribution in [0.3, 0.4) is 0 Å². The molecule has 160 valence electrons. The Bertz CT molecular complexity index is 1400. The minimum absolute atomic E-state index is 0.00321. The van der Waals surface area contributed by atoms with Crippen molar-refractivity contribution in [3.8, 4) is 11.3 Å². The maximum Gasteiger partial charge on any atom is 0.344 e. The monoisotopic (exact) mass is 428 g/mol. The topological polar surface area (TPSA) is 30.2 Å². The van der Waals surface area contributed by atoms with E-state index in [1.807, 2.05) is 72.8 Å². The zero-order valence-electron chi connectivity index (χ0n) is 18.2. The van der Waals surface area contributed by atoms with Crippen LogP contribution in [0.1, 0.15) is 28.5 Å². The highest BCUT2D eigenvalue weighted by Gasteiger charge is 2.30. The highest BCUT2D eigenvalue weighted by molar-refractivity contribution is 5.89. The third-order valence-electron chi connectivity index (χ3n) is 6.18. The minimum atomic E-state index is -0.327. The first-order valence-electron chi connectivity index (χ1n) is 11.1. The van der Waals surface area contributed by atoms with Crippen molar-refractivity contribution in [2.24, 2.45) is 0 Å². The number of benzene rings is 4. The van der Waals surface area contributed by atoms with Gasteiger partial charge in [-0.2, -0.15) is 0 Å². The first kappa shape index (κ1) is 20.7. The Balaban J connectivity index is 1.85. The normalized spacial score (nSPS) is 12.0. The van der Waals surface area contributed by atoms with Gasteiger partial charge in [0.15, 0.2) is 0 Å². The molecule has 0 aliphatic rings. The average Bonchev–Trinajstić information content (AvgIpc) is 2.89. The quantitative estimate of drug-likeness (QED) is 0.261. The molecule has 0 fully saturated rings. The molecule has 0 N–H and O–H groups in total. The number of hydrogen-bond acceptors (Lipinski definition) is 2. The fourth-order valence-corrected chi connectivity index (χ4v) is 4.70. The predicted molar refractivity (Wildman–Crippen MR) is 136 cm³/mol. The Morgan fingerprint density at radius 1 is 0.636 bits per heavy atom. The second-order valence-corrected chi connectivity index (χ2v) is 8.10. The molecule has 0 spiro atoms. The van der Waals surface area contributed by atoms with Crippen LogP contribution in [0.5, 0.6) is 0 Å². The van der Waals surface area contributed by atoms with Gasteiger partial charge in [0.05, 0.1) is 5.39 Å². The van der Waals surface area contributed by atoms with Crippen LogP contribution in [0.4, 0.5) is 0 Å². The molecule has 1 atom stereocenters. The lowest BCUT2D eigenvalue weighted by Crippen LogP contribution is -2.15. The highest BCUT2D eigenvalue weighted by Crippen LogP contribution is 2.44. The number of hydrogen-bond donors (Lipinski definition) is 0. The van der Waals surface area contributed by atoms with Crippen LogP contribution in [0.2, 0.25) is 0 Å². The summed E-state index contributed by atoms with van der Waals surface area (Å²) in [5, 5.41) is 1.48. The number of rotatable bonds is 6. The Morgan fingerprint density at radius 2 is 1.12 bits per heavy atom. The minimum Gasteiger partial charge on any atom is -0.422 e. The fourth-order valence-electron chi connectivity index (χ4n) is 4.70. The van der Waals surface area contributed by atoms with E-state index in [0.29, 0.717) is 11.1 Å². The van der Waals surface area contributed by atoms with Crippen LogP contribution in [-0.4, -0.2) is 0 Å². The van der Waals surface area contributed by atoms with Gasteiger partial charge in [-0.25, -0.2) is 4.79 Å². The first-order valence-corrected chi connectivity index (χ1v) is 11.1. The second-order valence-electron chi connectivity index (χ2n) is 8.10. The lowest BCUT2D eigenvalue weighted by Gasteiger charge is -2.28. The average molecular weight is 429 g/mol. The van der Waals surface area contributed by atoms with E-state index in [2.05, 4.69) is 55.1 Å². The molecule has 33 heavy (non-hydrogen) atoms. The first-order chi connectivity index (χ1) is 16.3. The largest absolute Gasteiger partial charge is 0.422 e. The summed E-state index contributed by atoms with van der Waals surface area (Å²) in [6.45, 7) is 4.25. The molecule has 0 saturated heterocycles. The van der Waals surface area contributed by atoms with E-state index in [9.17, 15) is 4.79 Å². The van der Waals surface area contributed by atoms with Crippen LogP contribution >= 0.6 is 0 Å². The maximum atomic E-state index is 13.0. The number of fused-ring (bicyclic) bond motifs is 1. The molecule has 2 heteroatoms. The van der Waals surface area contributed by atoms with Gasteiger partial charge in [0.2, 0.25) is 0 Å². The van der Waals surface area contributed by atoms with E-state index in [4.69, 9.17) is 4.42 Å². The van der Waals surface area contributed by atoms with Gasteiger partial charge in [-0.1, -0.05) is 115 Å². The van der Waals surface area contributed by atoms with E-state index in [1.165, 1.54) is 11.1 Å². The molecule has 1 unspecified atom stereocenters. The van der Waals surface area contributed by atoms with Crippen molar-refractivity contribution in [2.45, 2.75) is 11.8 Å². The van der Waals surface area contributed by atoms with E-state index in [1.54, 1.807) is 0 Å². The summed E-state index contributed by atoms with van der Waals surface area (Å²) >= 11 is 0. The third-order valence-corrected chi connectivity index (χ3v) is 6.18. The lowest BCUT2D eigenvalue weighted by atomic mass is 9.75. The molecule has 1 heterocycles. The lowest BCUT2D eigenvalue weighted by molar-refractivity contribution is 0.523. The molecule has 0 aliphatic carbocycles. The zero-order chi connectivity index (χ0) is 22.6. The van der Waals surface area contributed by atoms with Crippen molar-refractivity contribution < 1.29 is 4.42 Å². The summed E-state index contributed by atoms with van der Waals surface area (Å²) in [5.74, 6) is 0.476. The molecule has 0 bridgehead atoms. The summed E-state index contributed by atoms with van der Waals surface area (Å²) in [5.41, 5.74) is 3.89. The smallest absolute Gasteiger partial charge is 0.344 e. The molecule has 1 aromatic heterocycles. The Morgan fingerprint density at radius 3 is 1.67 bits per heavy atom. The number of allylic oxidation sites excluding steroid dienone is 1. The Kier molecular flexibility index (Phi) is 5.73.